The molecule has 28 heavy (non-hydrogen) atoms. The SMILES string of the molecule is CC(CCC(N)=O)C1CCC2C3C(O)CC4CC(O)CCC4(C)C3CCC12C. The summed E-state index contributed by atoms with van der Waals surface area (Å²) in [7, 11) is 0. The lowest BCUT2D eigenvalue weighted by Crippen LogP contribution is -2.58. The van der Waals surface area contributed by atoms with Crippen molar-refractivity contribution in [1.82, 2.24) is 0 Å². The van der Waals surface area contributed by atoms with Gasteiger partial charge in [0.2, 0.25) is 5.91 Å². The molecule has 0 heterocycles. The molecule has 4 nitrogen and oxygen atoms in total. The van der Waals surface area contributed by atoms with E-state index in [0.29, 0.717) is 47.3 Å². The lowest BCUT2D eigenvalue weighted by Gasteiger charge is -2.62. The number of primary amides is 1. The van der Waals surface area contributed by atoms with Crippen molar-refractivity contribution in [3.63, 3.8) is 0 Å². The summed E-state index contributed by atoms with van der Waals surface area (Å²) in [4.78, 5) is 11.3. The Labute approximate surface area is 170 Å². The highest BCUT2D eigenvalue weighted by molar-refractivity contribution is 5.73. The first-order valence-corrected chi connectivity index (χ1v) is 11.8. The standard InChI is InChI=1S/C24H41NO3/c1-14(4-7-21(25)28)17-5-6-18-22-19(9-11-24(17,18)3)23(2)10-8-16(26)12-15(23)13-20(22)27/h14-20,22,26-27H,4-13H2,1-3H3,(H2,25,28). The first-order valence-electron chi connectivity index (χ1n) is 11.8. The minimum Gasteiger partial charge on any atom is -0.393 e. The minimum atomic E-state index is -0.210. The maximum atomic E-state index is 11.3. The van der Waals surface area contributed by atoms with Gasteiger partial charge in [0, 0.05) is 6.42 Å². The van der Waals surface area contributed by atoms with Crippen LogP contribution in [-0.2, 0) is 4.79 Å². The van der Waals surface area contributed by atoms with Crippen molar-refractivity contribution in [3.8, 4) is 0 Å². The van der Waals surface area contributed by atoms with Crippen LogP contribution in [0.4, 0.5) is 0 Å². The molecular weight excluding hydrogens is 350 g/mol. The second-order valence-corrected chi connectivity index (χ2v) is 11.4. The smallest absolute Gasteiger partial charge is 0.217 e. The average Bonchev–Trinajstić information content (AvgIpc) is 2.98. The number of hydrogen-bond donors (Lipinski definition) is 3. The van der Waals surface area contributed by atoms with Crippen molar-refractivity contribution in [2.45, 2.75) is 97.2 Å². The molecule has 4 N–H and O–H groups in total. The number of carbonyl (C=O) groups excluding carboxylic acids is 1. The molecule has 10 unspecified atom stereocenters. The quantitative estimate of drug-likeness (QED) is 0.680. The predicted molar refractivity (Wildman–Crippen MR) is 110 cm³/mol. The van der Waals surface area contributed by atoms with E-state index in [4.69, 9.17) is 5.73 Å². The second-order valence-electron chi connectivity index (χ2n) is 11.4. The van der Waals surface area contributed by atoms with Crippen LogP contribution < -0.4 is 5.73 Å². The van der Waals surface area contributed by atoms with Crippen LogP contribution in [0.1, 0.15) is 85.0 Å². The molecule has 0 aromatic carbocycles. The summed E-state index contributed by atoms with van der Waals surface area (Å²) in [5.74, 6) is 3.08. The van der Waals surface area contributed by atoms with Crippen LogP contribution in [0.5, 0.6) is 0 Å². The van der Waals surface area contributed by atoms with Gasteiger partial charge < -0.3 is 15.9 Å². The van der Waals surface area contributed by atoms with E-state index in [0.717, 1.165) is 32.1 Å². The fraction of sp³-hybridized carbons (Fsp3) is 0.958. The van der Waals surface area contributed by atoms with E-state index in [-0.39, 0.29) is 23.5 Å². The number of nitrogens with two attached hydrogens (primary N) is 1. The zero-order valence-electron chi connectivity index (χ0n) is 18.1. The summed E-state index contributed by atoms with van der Waals surface area (Å²) in [6, 6.07) is 0. The summed E-state index contributed by atoms with van der Waals surface area (Å²) in [5.41, 5.74) is 5.99. The Morgan fingerprint density at radius 3 is 2.43 bits per heavy atom. The van der Waals surface area contributed by atoms with Crippen LogP contribution in [0, 0.1) is 46.3 Å². The molecule has 0 spiro atoms. The number of rotatable bonds is 4. The number of carbonyl (C=O) groups is 1. The largest absolute Gasteiger partial charge is 0.393 e. The van der Waals surface area contributed by atoms with Crippen LogP contribution in [0.15, 0.2) is 0 Å². The molecule has 0 aromatic heterocycles. The average molecular weight is 392 g/mol. The van der Waals surface area contributed by atoms with Crippen LogP contribution in [0.2, 0.25) is 0 Å². The van der Waals surface area contributed by atoms with Crippen LogP contribution in [-0.4, -0.2) is 28.3 Å². The van der Waals surface area contributed by atoms with E-state index >= 15 is 0 Å². The van der Waals surface area contributed by atoms with Crippen molar-refractivity contribution in [2.75, 3.05) is 0 Å². The third-order valence-corrected chi connectivity index (χ3v) is 10.3. The third-order valence-electron chi connectivity index (χ3n) is 10.3. The van der Waals surface area contributed by atoms with Crippen LogP contribution >= 0.6 is 0 Å². The van der Waals surface area contributed by atoms with Gasteiger partial charge in [-0.25, -0.2) is 0 Å². The van der Waals surface area contributed by atoms with Crippen molar-refractivity contribution >= 4 is 5.91 Å². The zero-order chi connectivity index (χ0) is 20.3. The summed E-state index contributed by atoms with van der Waals surface area (Å²) in [6.07, 6.45) is 9.75. The Balaban J connectivity index is 1.55. The van der Waals surface area contributed by atoms with E-state index in [1.807, 2.05) is 0 Å². The Morgan fingerprint density at radius 1 is 1.04 bits per heavy atom. The van der Waals surface area contributed by atoms with E-state index in [9.17, 15) is 15.0 Å². The number of fused-ring (bicyclic) bond motifs is 5. The minimum absolute atomic E-state index is 0.169. The predicted octanol–water partition coefficient (Wildman–Crippen LogP) is 3.88. The molecule has 0 aromatic rings. The Kier molecular flexibility index (Phi) is 5.36. The number of aliphatic hydroxyl groups excluding tert-OH is 2. The second kappa shape index (κ2) is 7.27. The number of amides is 1. The monoisotopic (exact) mass is 391 g/mol. The Bertz CT molecular complexity index is 609. The molecule has 0 aliphatic heterocycles. The summed E-state index contributed by atoms with van der Waals surface area (Å²) < 4.78 is 0. The van der Waals surface area contributed by atoms with Crippen molar-refractivity contribution in [3.05, 3.63) is 0 Å². The lowest BCUT2D eigenvalue weighted by atomic mass is 9.43. The highest BCUT2D eigenvalue weighted by Gasteiger charge is 2.62. The zero-order valence-corrected chi connectivity index (χ0v) is 18.1. The van der Waals surface area contributed by atoms with Gasteiger partial charge in [0.15, 0.2) is 0 Å². The maximum Gasteiger partial charge on any atom is 0.217 e. The topological polar surface area (TPSA) is 83.6 Å². The van der Waals surface area contributed by atoms with Gasteiger partial charge in [-0.1, -0.05) is 20.8 Å². The van der Waals surface area contributed by atoms with Gasteiger partial charge in [0.05, 0.1) is 12.2 Å². The molecule has 1 amide bonds. The Hall–Kier alpha value is -0.610. The molecule has 4 aliphatic rings. The Morgan fingerprint density at radius 2 is 1.71 bits per heavy atom. The molecule has 4 heteroatoms. The van der Waals surface area contributed by atoms with E-state index in [1.165, 1.54) is 25.7 Å². The van der Waals surface area contributed by atoms with Gasteiger partial charge in [-0.2, -0.15) is 0 Å². The number of aliphatic hydroxyl groups is 2. The van der Waals surface area contributed by atoms with Gasteiger partial charge in [-0.3, -0.25) is 4.79 Å². The molecule has 0 saturated heterocycles. The maximum absolute atomic E-state index is 11.3. The summed E-state index contributed by atoms with van der Waals surface area (Å²) >= 11 is 0. The highest BCUT2D eigenvalue weighted by atomic mass is 16.3. The molecule has 0 radical (unpaired) electrons. The molecule has 10 atom stereocenters. The van der Waals surface area contributed by atoms with E-state index < -0.39 is 0 Å². The van der Waals surface area contributed by atoms with Gasteiger partial charge in [-0.15, -0.1) is 0 Å². The molecule has 4 saturated carbocycles. The first kappa shape index (κ1) is 20.7. The molecule has 160 valence electrons. The summed E-state index contributed by atoms with van der Waals surface area (Å²) in [5, 5.41) is 21.5. The van der Waals surface area contributed by atoms with E-state index in [1.54, 1.807) is 0 Å². The van der Waals surface area contributed by atoms with E-state index in [2.05, 4.69) is 20.8 Å². The van der Waals surface area contributed by atoms with Gasteiger partial charge in [-0.05, 0) is 104 Å². The van der Waals surface area contributed by atoms with Crippen LogP contribution in [0.3, 0.4) is 0 Å². The molecular formula is C24H41NO3. The molecule has 4 rings (SSSR count). The van der Waals surface area contributed by atoms with Crippen LogP contribution in [0.25, 0.3) is 0 Å². The first-order chi connectivity index (χ1) is 13.2. The fourth-order valence-corrected chi connectivity index (χ4v) is 8.75. The van der Waals surface area contributed by atoms with Crippen molar-refractivity contribution < 1.29 is 15.0 Å². The van der Waals surface area contributed by atoms with Crippen molar-refractivity contribution in [2.24, 2.45) is 52.1 Å². The highest BCUT2D eigenvalue weighted by Crippen LogP contribution is 2.68. The third kappa shape index (κ3) is 3.14. The number of hydrogen-bond acceptors (Lipinski definition) is 3. The molecule has 4 fully saturated rings. The summed E-state index contributed by atoms with van der Waals surface area (Å²) in [6.45, 7) is 7.26. The van der Waals surface area contributed by atoms with Gasteiger partial charge >= 0.3 is 0 Å². The van der Waals surface area contributed by atoms with Gasteiger partial charge in [0.25, 0.3) is 0 Å². The molecule has 4 aliphatic carbocycles. The lowest BCUT2D eigenvalue weighted by molar-refractivity contribution is -0.174. The molecule has 0 bridgehead atoms. The van der Waals surface area contributed by atoms with Crippen molar-refractivity contribution in [1.29, 1.82) is 0 Å². The fourth-order valence-electron chi connectivity index (χ4n) is 8.75. The normalized spacial score (nSPS) is 51.7. The van der Waals surface area contributed by atoms with Gasteiger partial charge in [0.1, 0.15) is 0 Å².